The average molecular weight is 399 g/mol. The number of carbonyl (C=O) groups excluding carboxylic acids is 1. The third kappa shape index (κ3) is 4.86. The van der Waals surface area contributed by atoms with E-state index in [1.807, 2.05) is 62.4 Å². The van der Waals surface area contributed by atoms with Gasteiger partial charge >= 0.3 is 6.03 Å². The van der Waals surface area contributed by atoms with E-state index in [9.17, 15) is 9.90 Å². The Morgan fingerprint density at radius 2 is 1.60 bits per heavy atom. The van der Waals surface area contributed by atoms with E-state index in [0.29, 0.717) is 22.5 Å². The zero-order valence-electron chi connectivity index (χ0n) is 17.3. The molecule has 0 fully saturated rings. The molecular formula is C25H25N3O2. The first kappa shape index (κ1) is 21.1. The highest BCUT2D eigenvalue weighted by molar-refractivity contribution is 6.02. The summed E-state index contributed by atoms with van der Waals surface area (Å²) in [6.45, 7) is 5.75. The summed E-state index contributed by atoms with van der Waals surface area (Å²) < 4.78 is 0. The first-order chi connectivity index (χ1) is 14.4. The van der Waals surface area contributed by atoms with Crippen molar-refractivity contribution in [1.29, 1.82) is 5.26 Å². The number of nitriles is 1. The molecule has 0 aromatic heterocycles. The van der Waals surface area contributed by atoms with Crippen molar-refractivity contribution in [2.45, 2.75) is 32.9 Å². The Bertz CT molecular complexity index is 1050. The number of benzene rings is 3. The summed E-state index contributed by atoms with van der Waals surface area (Å²) in [5.74, 6) is 0. The molecule has 0 aliphatic carbocycles. The summed E-state index contributed by atoms with van der Waals surface area (Å²) in [6, 6.07) is 23.1. The van der Waals surface area contributed by atoms with Gasteiger partial charge in [-0.3, -0.25) is 4.90 Å². The molecule has 2 unspecified atom stereocenters. The van der Waals surface area contributed by atoms with Gasteiger partial charge in [0.05, 0.1) is 23.8 Å². The lowest BCUT2D eigenvalue weighted by Crippen LogP contribution is -2.44. The van der Waals surface area contributed by atoms with Crippen molar-refractivity contribution in [2.24, 2.45) is 0 Å². The molecule has 0 radical (unpaired) electrons. The first-order valence-electron chi connectivity index (χ1n) is 9.80. The third-order valence-electron chi connectivity index (χ3n) is 5.06. The van der Waals surface area contributed by atoms with E-state index < -0.39 is 12.1 Å². The van der Waals surface area contributed by atoms with Crippen LogP contribution in [-0.2, 0) is 0 Å². The number of aliphatic hydroxyl groups is 1. The van der Waals surface area contributed by atoms with Crippen LogP contribution in [0.15, 0.2) is 72.8 Å². The predicted molar refractivity (Wildman–Crippen MR) is 119 cm³/mol. The normalized spacial score (nSPS) is 12.5. The van der Waals surface area contributed by atoms with Crippen molar-refractivity contribution < 1.29 is 9.90 Å². The summed E-state index contributed by atoms with van der Waals surface area (Å²) in [4.78, 5) is 14.8. The molecular weight excluding hydrogens is 374 g/mol. The van der Waals surface area contributed by atoms with Gasteiger partial charge in [0.1, 0.15) is 0 Å². The first-order valence-corrected chi connectivity index (χ1v) is 9.80. The van der Waals surface area contributed by atoms with Crippen LogP contribution in [0.4, 0.5) is 16.2 Å². The summed E-state index contributed by atoms with van der Waals surface area (Å²) in [7, 11) is 0. The molecule has 0 saturated heterocycles. The molecule has 3 rings (SSSR count). The number of aryl methyl sites for hydroxylation is 2. The maximum absolute atomic E-state index is 13.2. The van der Waals surface area contributed by atoms with Gasteiger partial charge in [0.15, 0.2) is 0 Å². The van der Waals surface area contributed by atoms with Crippen LogP contribution in [0, 0.1) is 25.2 Å². The van der Waals surface area contributed by atoms with E-state index in [1.165, 1.54) is 0 Å². The van der Waals surface area contributed by atoms with E-state index >= 15 is 0 Å². The number of nitrogens with zero attached hydrogens (tertiary/aromatic N) is 2. The number of carbonyl (C=O) groups is 1. The lowest BCUT2D eigenvalue weighted by atomic mass is 10.00. The lowest BCUT2D eigenvalue weighted by Gasteiger charge is -2.33. The minimum Gasteiger partial charge on any atom is -0.386 e. The molecule has 0 heterocycles. The number of hydrogen-bond acceptors (Lipinski definition) is 3. The summed E-state index contributed by atoms with van der Waals surface area (Å²) in [6.07, 6.45) is -0.969. The Kier molecular flexibility index (Phi) is 6.51. The van der Waals surface area contributed by atoms with Gasteiger partial charge < -0.3 is 10.4 Å². The lowest BCUT2D eigenvalue weighted by molar-refractivity contribution is 0.150. The fourth-order valence-electron chi connectivity index (χ4n) is 3.28. The monoisotopic (exact) mass is 399 g/mol. The number of anilines is 2. The van der Waals surface area contributed by atoms with Gasteiger partial charge in [-0.15, -0.1) is 0 Å². The number of amides is 2. The predicted octanol–water partition coefficient (Wildman–Crippen LogP) is 5.34. The van der Waals surface area contributed by atoms with Gasteiger partial charge in [0.25, 0.3) is 0 Å². The number of nitrogens with one attached hydrogen (secondary N) is 1. The number of hydrogen-bond donors (Lipinski definition) is 2. The molecule has 2 atom stereocenters. The Morgan fingerprint density at radius 1 is 1.00 bits per heavy atom. The van der Waals surface area contributed by atoms with Gasteiger partial charge in [0.2, 0.25) is 0 Å². The van der Waals surface area contributed by atoms with Crippen molar-refractivity contribution in [1.82, 2.24) is 0 Å². The van der Waals surface area contributed by atoms with Crippen LogP contribution in [0.1, 0.15) is 35.3 Å². The SMILES string of the molecule is Cc1ccc(NC(=O)N(c2ccc(C)cc2)C(C)C(O)c2cccc(C#N)c2)cc1. The van der Waals surface area contributed by atoms with Crippen molar-refractivity contribution in [3.8, 4) is 6.07 Å². The number of aliphatic hydroxyl groups excluding tert-OH is 1. The Morgan fingerprint density at radius 3 is 2.20 bits per heavy atom. The fourth-order valence-corrected chi connectivity index (χ4v) is 3.28. The van der Waals surface area contributed by atoms with E-state index in [4.69, 9.17) is 5.26 Å². The molecule has 5 heteroatoms. The van der Waals surface area contributed by atoms with Crippen LogP contribution in [0.5, 0.6) is 0 Å². The topological polar surface area (TPSA) is 76.4 Å². The van der Waals surface area contributed by atoms with Gasteiger partial charge in [0, 0.05) is 11.4 Å². The molecule has 3 aromatic carbocycles. The van der Waals surface area contributed by atoms with Crippen molar-refractivity contribution >= 4 is 17.4 Å². The molecule has 2 amide bonds. The third-order valence-corrected chi connectivity index (χ3v) is 5.06. The second kappa shape index (κ2) is 9.25. The van der Waals surface area contributed by atoms with E-state index in [-0.39, 0.29) is 6.03 Å². The minimum atomic E-state index is -0.969. The minimum absolute atomic E-state index is 0.342. The second-order valence-corrected chi connectivity index (χ2v) is 7.42. The molecule has 0 saturated carbocycles. The molecule has 30 heavy (non-hydrogen) atoms. The van der Waals surface area contributed by atoms with Crippen molar-refractivity contribution in [2.75, 3.05) is 10.2 Å². The molecule has 2 N–H and O–H groups in total. The van der Waals surface area contributed by atoms with Crippen LogP contribution in [0.3, 0.4) is 0 Å². The van der Waals surface area contributed by atoms with Crippen LogP contribution in [-0.4, -0.2) is 17.2 Å². The fraction of sp³-hybridized carbons (Fsp3) is 0.200. The average Bonchev–Trinajstić information content (AvgIpc) is 2.76. The molecule has 0 spiro atoms. The van der Waals surface area contributed by atoms with Crippen LogP contribution >= 0.6 is 0 Å². The van der Waals surface area contributed by atoms with Gasteiger partial charge in [-0.1, -0.05) is 47.5 Å². The Hall–Kier alpha value is -3.62. The zero-order valence-corrected chi connectivity index (χ0v) is 17.3. The Labute approximate surface area is 177 Å². The summed E-state index contributed by atoms with van der Waals surface area (Å²) in [5, 5.41) is 23.1. The largest absolute Gasteiger partial charge is 0.386 e. The standard InChI is InChI=1S/C25H25N3O2/c1-17-7-11-22(12-8-17)27-25(30)28(23-13-9-18(2)10-14-23)19(3)24(29)21-6-4-5-20(15-21)16-26/h4-15,19,24,29H,1-3H3,(H,27,30). The highest BCUT2D eigenvalue weighted by Crippen LogP contribution is 2.28. The summed E-state index contributed by atoms with van der Waals surface area (Å²) >= 11 is 0. The van der Waals surface area contributed by atoms with E-state index in [2.05, 4.69) is 11.4 Å². The maximum Gasteiger partial charge on any atom is 0.326 e. The van der Waals surface area contributed by atoms with Gasteiger partial charge in [-0.25, -0.2) is 4.79 Å². The highest BCUT2D eigenvalue weighted by Gasteiger charge is 2.29. The van der Waals surface area contributed by atoms with Crippen molar-refractivity contribution in [3.63, 3.8) is 0 Å². The molecule has 5 nitrogen and oxygen atoms in total. The molecule has 0 aliphatic rings. The van der Waals surface area contributed by atoms with E-state index in [0.717, 1.165) is 11.1 Å². The Balaban J connectivity index is 1.93. The van der Waals surface area contributed by atoms with Crippen molar-refractivity contribution in [3.05, 3.63) is 95.1 Å². The summed E-state index contributed by atoms with van der Waals surface area (Å²) in [5.41, 5.74) is 4.58. The van der Waals surface area contributed by atoms with Gasteiger partial charge in [-0.05, 0) is 62.7 Å². The van der Waals surface area contributed by atoms with Crippen LogP contribution < -0.4 is 10.2 Å². The molecule has 152 valence electrons. The zero-order chi connectivity index (χ0) is 21.7. The number of rotatable bonds is 5. The van der Waals surface area contributed by atoms with Crippen LogP contribution in [0.25, 0.3) is 0 Å². The second-order valence-electron chi connectivity index (χ2n) is 7.42. The molecule has 0 bridgehead atoms. The molecule has 0 aliphatic heterocycles. The maximum atomic E-state index is 13.2. The highest BCUT2D eigenvalue weighted by atomic mass is 16.3. The van der Waals surface area contributed by atoms with Gasteiger partial charge in [-0.2, -0.15) is 5.26 Å². The quantitative estimate of drug-likeness (QED) is 0.608. The van der Waals surface area contributed by atoms with Crippen LogP contribution in [0.2, 0.25) is 0 Å². The number of urea groups is 1. The van der Waals surface area contributed by atoms with E-state index in [1.54, 1.807) is 36.1 Å². The smallest absolute Gasteiger partial charge is 0.326 e. The molecule has 3 aromatic rings.